The van der Waals surface area contributed by atoms with E-state index < -0.39 is 0 Å². The molecule has 2 aliphatic heterocycles. The highest BCUT2D eigenvalue weighted by atomic mass is 35.5. The van der Waals surface area contributed by atoms with Crippen molar-refractivity contribution in [3.8, 4) is 0 Å². The second-order valence-corrected chi connectivity index (χ2v) is 6.40. The van der Waals surface area contributed by atoms with Gasteiger partial charge in [-0.25, -0.2) is 0 Å². The minimum Gasteiger partial charge on any atom is -0.392 e. The van der Waals surface area contributed by atoms with E-state index in [0.717, 1.165) is 30.8 Å². The fraction of sp³-hybridized carbons (Fsp3) is 0.733. The van der Waals surface area contributed by atoms with Crippen molar-refractivity contribution in [3.05, 3.63) is 17.0 Å². The van der Waals surface area contributed by atoms with Gasteiger partial charge in [-0.3, -0.25) is 14.8 Å². The summed E-state index contributed by atoms with van der Waals surface area (Å²) in [6.45, 7) is 8.36. The molecule has 0 spiro atoms. The molecule has 3 heterocycles. The van der Waals surface area contributed by atoms with Crippen molar-refractivity contribution in [3.63, 3.8) is 0 Å². The molecule has 0 saturated carbocycles. The van der Waals surface area contributed by atoms with Crippen molar-refractivity contribution < 1.29 is 9.90 Å². The van der Waals surface area contributed by atoms with Crippen molar-refractivity contribution in [1.82, 2.24) is 25.3 Å². The number of aromatic nitrogens is 2. The lowest BCUT2D eigenvalue weighted by Gasteiger charge is -2.40. The highest BCUT2D eigenvalue weighted by molar-refractivity contribution is 5.94. The fourth-order valence-corrected chi connectivity index (χ4v) is 3.34. The van der Waals surface area contributed by atoms with Gasteiger partial charge < -0.3 is 15.3 Å². The maximum atomic E-state index is 12.8. The van der Waals surface area contributed by atoms with Gasteiger partial charge in [0, 0.05) is 63.0 Å². The Morgan fingerprint density at radius 3 is 2.96 bits per heavy atom. The summed E-state index contributed by atoms with van der Waals surface area (Å²) in [4.78, 5) is 16.9. The number of nitrogens with one attached hydrogen (secondary N) is 2. The summed E-state index contributed by atoms with van der Waals surface area (Å²) < 4.78 is 0. The van der Waals surface area contributed by atoms with Gasteiger partial charge in [-0.05, 0) is 13.8 Å². The number of aliphatic hydroxyl groups excluding tert-OH is 1. The molecule has 1 saturated heterocycles. The second-order valence-electron chi connectivity index (χ2n) is 6.40. The van der Waals surface area contributed by atoms with Crippen LogP contribution < -0.4 is 5.32 Å². The third kappa shape index (κ3) is 3.85. The van der Waals surface area contributed by atoms with E-state index in [2.05, 4.69) is 27.3 Å². The molecule has 3 N–H and O–H groups in total. The Balaban J connectivity index is 0.00000192. The first-order valence-corrected chi connectivity index (χ1v) is 8.04. The molecule has 0 bridgehead atoms. The quantitative estimate of drug-likeness (QED) is 0.719. The van der Waals surface area contributed by atoms with Crippen LogP contribution in [0.25, 0.3) is 0 Å². The highest BCUT2D eigenvalue weighted by Crippen LogP contribution is 2.19. The van der Waals surface area contributed by atoms with E-state index >= 15 is 0 Å². The third-order valence-corrected chi connectivity index (χ3v) is 4.56. The average Bonchev–Trinajstić information content (AvgIpc) is 2.92. The van der Waals surface area contributed by atoms with Crippen LogP contribution in [-0.2, 0) is 13.0 Å². The van der Waals surface area contributed by atoms with E-state index in [-0.39, 0.29) is 30.5 Å². The number of β-amino-alcohol motifs (C(OH)–C–C–N with tert-alkyl or cyclic N) is 1. The van der Waals surface area contributed by atoms with Crippen LogP contribution in [0.2, 0.25) is 0 Å². The van der Waals surface area contributed by atoms with Gasteiger partial charge in [0.2, 0.25) is 0 Å². The topological polar surface area (TPSA) is 84.5 Å². The Morgan fingerprint density at radius 1 is 1.48 bits per heavy atom. The number of fused-ring (bicyclic) bond motifs is 1. The molecule has 2 unspecified atom stereocenters. The van der Waals surface area contributed by atoms with Gasteiger partial charge in [0.15, 0.2) is 5.69 Å². The van der Waals surface area contributed by atoms with Crippen molar-refractivity contribution in [2.45, 2.75) is 39.0 Å². The van der Waals surface area contributed by atoms with E-state index in [1.165, 1.54) is 0 Å². The van der Waals surface area contributed by atoms with E-state index in [9.17, 15) is 9.90 Å². The Bertz CT molecular complexity index is 548. The van der Waals surface area contributed by atoms with E-state index in [0.29, 0.717) is 31.9 Å². The number of carbonyl (C=O) groups is 1. The van der Waals surface area contributed by atoms with Gasteiger partial charge in [0.25, 0.3) is 5.91 Å². The monoisotopic (exact) mass is 343 g/mol. The molecule has 0 aliphatic carbocycles. The lowest BCUT2D eigenvalue weighted by molar-refractivity contribution is 0.0360. The molecule has 1 fully saturated rings. The number of hydrogen-bond acceptors (Lipinski definition) is 5. The number of piperazine rings is 1. The number of halogens is 1. The molecule has 23 heavy (non-hydrogen) atoms. The van der Waals surface area contributed by atoms with Crippen LogP contribution in [0, 0.1) is 0 Å². The van der Waals surface area contributed by atoms with Crippen molar-refractivity contribution >= 4 is 18.3 Å². The average molecular weight is 344 g/mol. The number of carbonyl (C=O) groups excluding carboxylic acids is 1. The smallest absolute Gasteiger partial charge is 0.274 e. The van der Waals surface area contributed by atoms with Crippen LogP contribution in [0.15, 0.2) is 0 Å². The van der Waals surface area contributed by atoms with Crippen LogP contribution in [0.4, 0.5) is 0 Å². The number of hydrogen-bond donors (Lipinski definition) is 3. The molecule has 3 rings (SSSR count). The lowest BCUT2D eigenvalue weighted by Crippen LogP contribution is -2.55. The van der Waals surface area contributed by atoms with Crippen LogP contribution in [-0.4, -0.2) is 75.9 Å². The van der Waals surface area contributed by atoms with E-state index in [1.807, 2.05) is 4.90 Å². The number of amides is 1. The van der Waals surface area contributed by atoms with E-state index in [1.54, 1.807) is 6.92 Å². The van der Waals surface area contributed by atoms with Gasteiger partial charge in [-0.15, -0.1) is 12.4 Å². The summed E-state index contributed by atoms with van der Waals surface area (Å²) in [5.41, 5.74) is 2.68. The van der Waals surface area contributed by atoms with Crippen LogP contribution in [0.1, 0.15) is 35.6 Å². The maximum Gasteiger partial charge on any atom is 0.274 e. The summed E-state index contributed by atoms with van der Waals surface area (Å²) >= 11 is 0. The standard InChI is InChI=1S/C15H25N5O2.ClH/c1-10-8-20(6-5-19(10)9-11(2)21)15(22)14-12-7-16-4-3-13(12)17-18-14;/h10-11,16,21H,3-9H2,1-2H3,(H,17,18);1H. The van der Waals surface area contributed by atoms with Crippen molar-refractivity contribution in [1.29, 1.82) is 0 Å². The fourth-order valence-electron chi connectivity index (χ4n) is 3.34. The summed E-state index contributed by atoms with van der Waals surface area (Å²) in [6.07, 6.45) is 0.558. The van der Waals surface area contributed by atoms with Crippen molar-refractivity contribution in [2.24, 2.45) is 0 Å². The number of aliphatic hydroxyl groups is 1. The number of H-pyrrole nitrogens is 1. The lowest BCUT2D eigenvalue weighted by atomic mass is 10.1. The van der Waals surface area contributed by atoms with Crippen LogP contribution in [0.3, 0.4) is 0 Å². The summed E-state index contributed by atoms with van der Waals surface area (Å²) in [5, 5.41) is 20.1. The zero-order chi connectivity index (χ0) is 15.7. The molecule has 1 amide bonds. The molecule has 1 aromatic rings. The Labute approximate surface area is 142 Å². The Kier molecular flexibility index (Phi) is 6.02. The number of aromatic amines is 1. The maximum absolute atomic E-state index is 12.8. The molecule has 130 valence electrons. The van der Waals surface area contributed by atoms with Crippen LogP contribution in [0.5, 0.6) is 0 Å². The second kappa shape index (κ2) is 7.61. The van der Waals surface area contributed by atoms with Gasteiger partial charge in [0.05, 0.1) is 6.10 Å². The minimum absolute atomic E-state index is 0. The molecule has 2 atom stereocenters. The third-order valence-electron chi connectivity index (χ3n) is 4.56. The molecular formula is C15H26ClN5O2. The SMILES string of the molecule is CC(O)CN1CCN(C(=O)c2n[nH]c3c2CNCC3)CC1C.Cl. The molecule has 0 radical (unpaired) electrons. The van der Waals surface area contributed by atoms with Crippen LogP contribution >= 0.6 is 12.4 Å². The van der Waals surface area contributed by atoms with Gasteiger partial charge >= 0.3 is 0 Å². The summed E-state index contributed by atoms with van der Waals surface area (Å²) in [6, 6.07) is 0.250. The van der Waals surface area contributed by atoms with Crippen molar-refractivity contribution in [2.75, 3.05) is 32.7 Å². The Morgan fingerprint density at radius 2 is 2.26 bits per heavy atom. The molecule has 7 nitrogen and oxygen atoms in total. The van der Waals surface area contributed by atoms with Gasteiger partial charge in [0.1, 0.15) is 0 Å². The molecular weight excluding hydrogens is 318 g/mol. The Hall–Kier alpha value is -1.15. The molecule has 8 heteroatoms. The first-order chi connectivity index (χ1) is 10.6. The minimum atomic E-state index is -0.339. The predicted octanol–water partition coefficient (Wildman–Crippen LogP) is 0.00430. The molecule has 2 aliphatic rings. The highest BCUT2D eigenvalue weighted by Gasteiger charge is 2.31. The predicted molar refractivity (Wildman–Crippen MR) is 89.9 cm³/mol. The normalized spacial score (nSPS) is 23.1. The van der Waals surface area contributed by atoms with E-state index in [4.69, 9.17) is 0 Å². The summed E-state index contributed by atoms with van der Waals surface area (Å²) in [7, 11) is 0. The number of rotatable bonds is 3. The first-order valence-electron chi connectivity index (χ1n) is 8.04. The zero-order valence-corrected chi connectivity index (χ0v) is 14.5. The summed E-state index contributed by atoms with van der Waals surface area (Å²) in [5.74, 6) is 0.0183. The zero-order valence-electron chi connectivity index (χ0n) is 13.7. The first kappa shape index (κ1) is 18.2. The molecule has 0 aromatic carbocycles. The molecule has 1 aromatic heterocycles. The largest absolute Gasteiger partial charge is 0.392 e. The van der Waals surface area contributed by atoms with Gasteiger partial charge in [-0.1, -0.05) is 0 Å². The van der Waals surface area contributed by atoms with Gasteiger partial charge in [-0.2, -0.15) is 5.10 Å². The number of nitrogens with zero attached hydrogens (tertiary/aromatic N) is 3.